The molecule has 2 nitrogen and oxygen atoms in total. The highest BCUT2D eigenvalue weighted by Gasteiger charge is 2.35. The molecule has 1 saturated carbocycles. The minimum atomic E-state index is -0.781. The molecule has 0 aliphatic heterocycles. The van der Waals surface area contributed by atoms with Gasteiger partial charge in [0.2, 0.25) is 0 Å². The first-order valence-electron chi connectivity index (χ1n) is 6.62. The van der Waals surface area contributed by atoms with Gasteiger partial charge in [-0.25, -0.2) is 4.79 Å². The van der Waals surface area contributed by atoms with Crippen LogP contribution in [0.1, 0.15) is 46.5 Å². The molecule has 2 aliphatic carbocycles. The van der Waals surface area contributed by atoms with Crippen LogP contribution in [-0.2, 0) is 4.79 Å². The summed E-state index contributed by atoms with van der Waals surface area (Å²) in [6.45, 7) is 6.28. The van der Waals surface area contributed by atoms with Gasteiger partial charge in [-0.05, 0) is 57.3 Å². The van der Waals surface area contributed by atoms with Crippen molar-refractivity contribution in [3.05, 3.63) is 22.8 Å². The van der Waals surface area contributed by atoms with E-state index in [-0.39, 0.29) is 0 Å². The van der Waals surface area contributed by atoms with Gasteiger partial charge in [0, 0.05) is 5.57 Å². The van der Waals surface area contributed by atoms with Gasteiger partial charge in [0.25, 0.3) is 0 Å². The van der Waals surface area contributed by atoms with Gasteiger partial charge in [-0.2, -0.15) is 0 Å². The van der Waals surface area contributed by atoms with E-state index in [9.17, 15) is 4.79 Å². The lowest BCUT2D eigenvalue weighted by atomic mass is 9.71. The largest absolute Gasteiger partial charge is 0.478 e. The Balaban J connectivity index is 2.27. The molecule has 2 heteroatoms. The summed E-state index contributed by atoms with van der Waals surface area (Å²) >= 11 is 0. The van der Waals surface area contributed by atoms with Gasteiger partial charge < -0.3 is 5.11 Å². The highest BCUT2D eigenvalue weighted by molar-refractivity contribution is 5.85. The van der Waals surface area contributed by atoms with Gasteiger partial charge in [0.1, 0.15) is 0 Å². The van der Waals surface area contributed by atoms with E-state index in [0.717, 1.165) is 12.3 Å². The van der Waals surface area contributed by atoms with Crippen LogP contribution in [0.3, 0.4) is 0 Å². The van der Waals surface area contributed by atoms with Crippen molar-refractivity contribution in [1.29, 1.82) is 0 Å². The third kappa shape index (κ3) is 2.31. The molecule has 3 atom stereocenters. The zero-order chi connectivity index (χ0) is 12.6. The number of allylic oxidation sites excluding steroid dienone is 3. The summed E-state index contributed by atoms with van der Waals surface area (Å²) in [6.07, 6.45) is 6.81. The molecule has 0 aromatic rings. The van der Waals surface area contributed by atoms with Crippen molar-refractivity contribution in [2.75, 3.05) is 0 Å². The molecule has 17 heavy (non-hydrogen) atoms. The lowest BCUT2D eigenvalue weighted by molar-refractivity contribution is -0.132. The Morgan fingerprint density at radius 2 is 2.06 bits per heavy atom. The fourth-order valence-electron chi connectivity index (χ4n) is 3.52. The van der Waals surface area contributed by atoms with E-state index < -0.39 is 5.97 Å². The summed E-state index contributed by atoms with van der Waals surface area (Å²) in [4.78, 5) is 10.9. The van der Waals surface area contributed by atoms with Crippen LogP contribution in [0.2, 0.25) is 0 Å². The normalized spacial score (nSPS) is 33.8. The number of rotatable bonds is 2. The molecule has 0 bridgehead atoms. The van der Waals surface area contributed by atoms with Crippen molar-refractivity contribution in [3.8, 4) is 0 Å². The smallest absolute Gasteiger partial charge is 0.330 e. The second kappa shape index (κ2) is 4.67. The Labute approximate surface area is 103 Å². The summed E-state index contributed by atoms with van der Waals surface area (Å²) < 4.78 is 0. The predicted molar refractivity (Wildman–Crippen MR) is 68.7 cm³/mol. The second-order valence-corrected chi connectivity index (χ2v) is 5.70. The zero-order valence-corrected chi connectivity index (χ0v) is 11.0. The first-order chi connectivity index (χ1) is 8.00. The van der Waals surface area contributed by atoms with E-state index in [4.69, 9.17) is 5.11 Å². The summed E-state index contributed by atoms with van der Waals surface area (Å²) in [5.41, 5.74) is 3.57. The third-order valence-corrected chi connectivity index (χ3v) is 4.53. The van der Waals surface area contributed by atoms with Crippen LogP contribution >= 0.6 is 0 Å². The quantitative estimate of drug-likeness (QED) is 0.583. The molecule has 1 N–H and O–H groups in total. The van der Waals surface area contributed by atoms with Crippen LogP contribution in [0.15, 0.2) is 22.8 Å². The van der Waals surface area contributed by atoms with Crippen molar-refractivity contribution < 1.29 is 9.90 Å². The molecule has 0 saturated heterocycles. The molecule has 0 heterocycles. The average Bonchev–Trinajstić information content (AvgIpc) is 2.66. The highest BCUT2D eigenvalue weighted by atomic mass is 16.4. The highest BCUT2D eigenvalue weighted by Crippen LogP contribution is 2.48. The SMILES string of the molecule is CC(=C[C@@H]1CC[C@@H](C)C2CCC(C)=C21)C(=O)O. The number of carboxylic acid groups (broad SMARTS) is 1. The summed E-state index contributed by atoms with van der Waals surface area (Å²) in [7, 11) is 0. The van der Waals surface area contributed by atoms with Crippen LogP contribution < -0.4 is 0 Å². The van der Waals surface area contributed by atoms with Crippen molar-refractivity contribution in [1.82, 2.24) is 0 Å². The Morgan fingerprint density at radius 3 is 2.71 bits per heavy atom. The molecule has 0 spiro atoms. The second-order valence-electron chi connectivity index (χ2n) is 5.70. The van der Waals surface area contributed by atoms with Crippen LogP contribution in [0, 0.1) is 17.8 Å². The number of carbonyl (C=O) groups is 1. The molecule has 1 fully saturated rings. The van der Waals surface area contributed by atoms with Crippen molar-refractivity contribution >= 4 is 5.97 Å². The maximum absolute atomic E-state index is 10.9. The molecule has 0 aromatic carbocycles. The number of fused-ring (bicyclic) bond motifs is 1. The van der Waals surface area contributed by atoms with Crippen LogP contribution in [0.4, 0.5) is 0 Å². The Bertz CT molecular complexity index is 390. The van der Waals surface area contributed by atoms with E-state index in [1.54, 1.807) is 12.5 Å². The van der Waals surface area contributed by atoms with Crippen LogP contribution in [0.5, 0.6) is 0 Å². The van der Waals surface area contributed by atoms with Gasteiger partial charge in [-0.1, -0.05) is 24.1 Å². The minimum Gasteiger partial charge on any atom is -0.478 e. The molecular weight excluding hydrogens is 212 g/mol. The predicted octanol–water partition coefficient (Wildman–Crippen LogP) is 3.79. The van der Waals surface area contributed by atoms with E-state index in [1.165, 1.54) is 24.8 Å². The molecule has 0 amide bonds. The summed E-state index contributed by atoms with van der Waals surface area (Å²) in [5, 5.41) is 8.99. The number of carboxylic acids is 1. The van der Waals surface area contributed by atoms with Crippen molar-refractivity contribution in [2.24, 2.45) is 17.8 Å². The van der Waals surface area contributed by atoms with Crippen molar-refractivity contribution in [3.63, 3.8) is 0 Å². The molecular formula is C15H22O2. The molecule has 2 rings (SSSR count). The Hall–Kier alpha value is -1.05. The van der Waals surface area contributed by atoms with E-state index in [1.807, 2.05) is 6.08 Å². The monoisotopic (exact) mass is 234 g/mol. The first-order valence-corrected chi connectivity index (χ1v) is 6.62. The standard InChI is InChI=1S/C15H22O2/c1-9-4-6-12(8-11(3)15(16)17)14-10(2)5-7-13(9)14/h8-9,12-13H,4-7H2,1-3H3,(H,16,17)/t9-,12+,13?/m1/s1. The number of hydrogen-bond donors (Lipinski definition) is 1. The van der Waals surface area contributed by atoms with Gasteiger partial charge in [0.15, 0.2) is 0 Å². The average molecular weight is 234 g/mol. The third-order valence-electron chi connectivity index (χ3n) is 4.53. The van der Waals surface area contributed by atoms with E-state index in [2.05, 4.69) is 13.8 Å². The summed E-state index contributed by atoms with van der Waals surface area (Å²) in [5.74, 6) is 1.09. The van der Waals surface area contributed by atoms with Crippen LogP contribution in [-0.4, -0.2) is 11.1 Å². The number of aliphatic carboxylic acids is 1. The van der Waals surface area contributed by atoms with Gasteiger partial charge in [0.05, 0.1) is 0 Å². The Kier molecular flexibility index (Phi) is 3.41. The van der Waals surface area contributed by atoms with Crippen molar-refractivity contribution in [2.45, 2.75) is 46.5 Å². The first kappa shape index (κ1) is 12.4. The molecule has 0 radical (unpaired) electrons. The lowest BCUT2D eigenvalue weighted by Crippen LogP contribution is -2.23. The van der Waals surface area contributed by atoms with Gasteiger partial charge >= 0.3 is 5.97 Å². The van der Waals surface area contributed by atoms with E-state index >= 15 is 0 Å². The lowest BCUT2D eigenvalue weighted by Gasteiger charge is -2.34. The van der Waals surface area contributed by atoms with Gasteiger partial charge in [-0.3, -0.25) is 0 Å². The van der Waals surface area contributed by atoms with Gasteiger partial charge in [-0.15, -0.1) is 0 Å². The van der Waals surface area contributed by atoms with E-state index in [0.29, 0.717) is 17.4 Å². The molecule has 94 valence electrons. The maximum Gasteiger partial charge on any atom is 0.330 e. The zero-order valence-electron chi connectivity index (χ0n) is 11.0. The molecule has 0 aromatic heterocycles. The maximum atomic E-state index is 10.9. The minimum absolute atomic E-state index is 0.384. The fraction of sp³-hybridized carbons (Fsp3) is 0.667. The van der Waals surface area contributed by atoms with Crippen LogP contribution in [0.25, 0.3) is 0 Å². The fourth-order valence-corrected chi connectivity index (χ4v) is 3.52. The topological polar surface area (TPSA) is 37.3 Å². The molecule has 1 unspecified atom stereocenters. The number of hydrogen-bond acceptors (Lipinski definition) is 1. The Morgan fingerprint density at radius 1 is 1.35 bits per heavy atom. The molecule has 2 aliphatic rings. The summed E-state index contributed by atoms with van der Waals surface area (Å²) in [6, 6.07) is 0.